The Morgan fingerprint density at radius 2 is 1.77 bits per heavy atom. The first-order chi connectivity index (χ1) is 12.4. The summed E-state index contributed by atoms with van der Waals surface area (Å²) in [5, 5.41) is 5.76. The second kappa shape index (κ2) is 7.45. The highest BCUT2D eigenvalue weighted by atomic mass is 32.2. The number of nitrogens with zero attached hydrogens (tertiary/aromatic N) is 1. The Morgan fingerprint density at radius 1 is 1.12 bits per heavy atom. The van der Waals surface area contributed by atoms with Crippen molar-refractivity contribution in [1.82, 2.24) is 4.98 Å². The molecule has 3 aromatic rings. The molecule has 1 unspecified atom stereocenters. The summed E-state index contributed by atoms with van der Waals surface area (Å²) in [6, 6.07) is 13.8. The van der Waals surface area contributed by atoms with E-state index in [0.717, 1.165) is 22.7 Å². The van der Waals surface area contributed by atoms with Crippen LogP contribution in [-0.2, 0) is 9.84 Å². The van der Waals surface area contributed by atoms with Crippen LogP contribution in [0.4, 0.5) is 10.8 Å². The summed E-state index contributed by atoms with van der Waals surface area (Å²) >= 11 is 1.44. The fourth-order valence-corrected chi connectivity index (χ4v) is 3.77. The number of sulfone groups is 1. The van der Waals surface area contributed by atoms with Gasteiger partial charge in [-0.25, -0.2) is 13.4 Å². The maximum absolute atomic E-state index is 11.5. The first-order valence-electron chi connectivity index (χ1n) is 7.79. The van der Waals surface area contributed by atoms with Gasteiger partial charge in [-0.1, -0.05) is 12.1 Å². The quantitative estimate of drug-likeness (QED) is 0.671. The van der Waals surface area contributed by atoms with Gasteiger partial charge in [0.25, 0.3) is 0 Å². The number of nitrogens with two attached hydrogens (primary N) is 1. The van der Waals surface area contributed by atoms with E-state index in [1.807, 2.05) is 29.6 Å². The molecule has 1 aromatic heterocycles. The zero-order valence-corrected chi connectivity index (χ0v) is 16.0. The summed E-state index contributed by atoms with van der Waals surface area (Å²) in [6.07, 6.45) is 1.18. The minimum atomic E-state index is -3.20. The van der Waals surface area contributed by atoms with Crippen molar-refractivity contribution < 1.29 is 13.2 Å². The molecule has 0 aliphatic heterocycles. The predicted octanol–water partition coefficient (Wildman–Crippen LogP) is 3.35. The van der Waals surface area contributed by atoms with Gasteiger partial charge in [-0.3, -0.25) is 0 Å². The Kier molecular flexibility index (Phi) is 5.26. The molecule has 1 atom stereocenters. The van der Waals surface area contributed by atoms with Crippen LogP contribution in [0, 0.1) is 0 Å². The van der Waals surface area contributed by atoms with Gasteiger partial charge in [0.2, 0.25) is 0 Å². The Morgan fingerprint density at radius 3 is 2.35 bits per heavy atom. The number of hydrogen-bond donors (Lipinski definition) is 2. The molecule has 0 saturated heterocycles. The maximum Gasteiger partial charge on any atom is 0.187 e. The second-order valence-corrected chi connectivity index (χ2v) is 8.62. The Bertz CT molecular complexity index is 981. The Balaban J connectivity index is 1.72. The standard InChI is InChI=1S/C18H19N3O3S2/c1-24-14-7-3-12(4-8-14)17(19)16-11-25-18(21-16)20-13-5-9-15(10-6-13)26(2,22)23/h3-11,17H,19H2,1-2H3,(H,20,21). The number of rotatable bonds is 6. The van der Waals surface area contributed by atoms with Crippen LogP contribution in [-0.4, -0.2) is 26.8 Å². The van der Waals surface area contributed by atoms with E-state index in [9.17, 15) is 8.42 Å². The number of nitrogens with one attached hydrogen (secondary N) is 1. The van der Waals surface area contributed by atoms with Gasteiger partial charge in [-0.2, -0.15) is 0 Å². The van der Waals surface area contributed by atoms with Crippen molar-refractivity contribution in [3.63, 3.8) is 0 Å². The molecule has 2 aromatic carbocycles. The molecular weight excluding hydrogens is 370 g/mol. The van der Waals surface area contributed by atoms with Crippen LogP contribution in [0.3, 0.4) is 0 Å². The summed E-state index contributed by atoms with van der Waals surface area (Å²) < 4.78 is 28.2. The molecule has 1 heterocycles. The van der Waals surface area contributed by atoms with Gasteiger partial charge in [-0.05, 0) is 42.0 Å². The van der Waals surface area contributed by atoms with Crippen LogP contribution < -0.4 is 15.8 Å². The summed E-state index contributed by atoms with van der Waals surface area (Å²) in [6.45, 7) is 0. The molecule has 136 valence electrons. The van der Waals surface area contributed by atoms with E-state index in [0.29, 0.717) is 5.13 Å². The molecule has 8 heteroatoms. The second-order valence-electron chi connectivity index (χ2n) is 5.75. The van der Waals surface area contributed by atoms with E-state index in [-0.39, 0.29) is 10.9 Å². The van der Waals surface area contributed by atoms with Crippen molar-refractivity contribution in [1.29, 1.82) is 0 Å². The third kappa shape index (κ3) is 4.21. The van der Waals surface area contributed by atoms with Crippen LogP contribution in [0.2, 0.25) is 0 Å². The van der Waals surface area contributed by atoms with Gasteiger partial charge in [0.15, 0.2) is 15.0 Å². The number of anilines is 2. The smallest absolute Gasteiger partial charge is 0.187 e. The molecule has 0 fully saturated rings. The average molecular weight is 390 g/mol. The third-order valence-electron chi connectivity index (χ3n) is 3.85. The largest absolute Gasteiger partial charge is 0.497 e. The molecule has 0 saturated carbocycles. The van der Waals surface area contributed by atoms with Crippen LogP contribution >= 0.6 is 11.3 Å². The zero-order chi connectivity index (χ0) is 18.7. The van der Waals surface area contributed by atoms with Crippen LogP contribution in [0.1, 0.15) is 17.3 Å². The summed E-state index contributed by atoms with van der Waals surface area (Å²) in [7, 11) is -1.58. The molecule has 0 radical (unpaired) electrons. The highest BCUT2D eigenvalue weighted by Crippen LogP contribution is 2.27. The number of aromatic nitrogens is 1. The van der Waals surface area contributed by atoms with Crippen molar-refractivity contribution in [3.05, 3.63) is 65.2 Å². The Labute approximate surface area is 156 Å². The molecule has 0 spiro atoms. The third-order valence-corrected chi connectivity index (χ3v) is 5.75. The lowest BCUT2D eigenvalue weighted by atomic mass is 10.1. The number of hydrogen-bond acceptors (Lipinski definition) is 7. The van der Waals surface area contributed by atoms with Gasteiger partial charge in [0.05, 0.1) is 23.7 Å². The van der Waals surface area contributed by atoms with Crippen molar-refractivity contribution in [2.75, 3.05) is 18.7 Å². The van der Waals surface area contributed by atoms with Gasteiger partial charge in [-0.15, -0.1) is 11.3 Å². The van der Waals surface area contributed by atoms with Gasteiger partial charge in [0.1, 0.15) is 5.75 Å². The van der Waals surface area contributed by atoms with Crippen LogP contribution in [0.15, 0.2) is 58.8 Å². The molecule has 3 rings (SSSR count). The van der Waals surface area contributed by atoms with E-state index in [2.05, 4.69) is 10.3 Å². The minimum Gasteiger partial charge on any atom is -0.497 e. The lowest BCUT2D eigenvalue weighted by Crippen LogP contribution is -2.12. The lowest BCUT2D eigenvalue weighted by molar-refractivity contribution is 0.414. The number of benzene rings is 2. The number of thiazole rings is 1. The Hall–Kier alpha value is -2.42. The molecule has 0 aliphatic carbocycles. The van der Waals surface area contributed by atoms with Gasteiger partial charge >= 0.3 is 0 Å². The van der Waals surface area contributed by atoms with Gasteiger partial charge in [0, 0.05) is 17.3 Å². The fraction of sp³-hybridized carbons (Fsp3) is 0.167. The normalized spacial score (nSPS) is 12.6. The van der Waals surface area contributed by atoms with Crippen LogP contribution in [0.5, 0.6) is 5.75 Å². The fourth-order valence-electron chi connectivity index (χ4n) is 2.38. The highest BCUT2D eigenvalue weighted by molar-refractivity contribution is 7.90. The topological polar surface area (TPSA) is 94.3 Å². The maximum atomic E-state index is 11.5. The van der Waals surface area contributed by atoms with Gasteiger partial charge < -0.3 is 15.8 Å². The molecule has 0 amide bonds. The van der Waals surface area contributed by atoms with Crippen molar-refractivity contribution in [2.24, 2.45) is 5.73 Å². The minimum absolute atomic E-state index is 0.282. The van der Waals surface area contributed by atoms with Crippen molar-refractivity contribution >= 4 is 32.0 Å². The number of methoxy groups -OCH3 is 1. The SMILES string of the molecule is COc1ccc(C(N)c2csc(Nc3ccc(S(C)(=O)=O)cc3)n2)cc1. The van der Waals surface area contributed by atoms with Crippen LogP contribution in [0.25, 0.3) is 0 Å². The van der Waals surface area contributed by atoms with E-state index in [1.54, 1.807) is 31.4 Å². The molecule has 26 heavy (non-hydrogen) atoms. The lowest BCUT2D eigenvalue weighted by Gasteiger charge is -2.10. The summed E-state index contributed by atoms with van der Waals surface area (Å²) in [4.78, 5) is 4.81. The van der Waals surface area contributed by atoms with Crippen molar-refractivity contribution in [2.45, 2.75) is 10.9 Å². The summed E-state index contributed by atoms with van der Waals surface area (Å²) in [5.74, 6) is 0.777. The zero-order valence-electron chi connectivity index (χ0n) is 14.3. The highest BCUT2D eigenvalue weighted by Gasteiger charge is 2.13. The molecule has 0 aliphatic rings. The first kappa shape index (κ1) is 18.4. The van der Waals surface area contributed by atoms with E-state index in [4.69, 9.17) is 10.5 Å². The predicted molar refractivity (Wildman–Crippen MR) is 104 cm³/mol. The van der Waals surface area contributed by atoms with Crippen molar-refractivity contribution in [3.8, 4) is 5.75 Å². The average Bonchev–Trinajstić information content (AvgIpc) is 3.09. The summed E-state index contributed by atoms with van der Waals surface area (Å²) in [5.41, 5.74) is 8.76. The monoisotopic (exact) mass is 389 g/mol. The van der Waals surface area contributed by atoms with E-state index < -0.39 is 9.84 Å². The molecule has 6 nitrogen and oxygen atoms in total. The molecular formula is C18H19N3O3S2. The van der Waals surface area contributed by atoms with E-state index in [1.165, 1.54) is 17.6 Å². The molecule has 3 N–H and O–H groups in total. The molecule has 0 bridgehead atoms. The van der Waals surface area contributed by atoms with E-state index >= 15 is 0 Å². The first-order valence-corrected chi connectivity index (χ1v) is 10.6. The number of ether oxygens (including phenoxy) is 1.